The Labute approximate surface area is 206 Å². The minimum atomic E-state index is -0.126. The molecule has 2 aromatic carbocycles. The van der Waals surface area contributed by atoms with Gasteiger partial charge < -0.3 is 29.4 Å². The number of quaternary nitrogens is 1. The van der Waals surface area contributed by atoms with E-state index in [2.05, 4.69) is 22.6 Å². The van der Waals surface area contributed by atoms with Crippen LogP contribution in [0.2, 0.25) is 0 Å². The van der Waals surface area contributed by atoms with Crippen LogP contribution in [0.1, 0.15) is 22.4 Å². The lowest BCUT2D eigenvalue weighted by molar-refractivity contribution is -0.370. The Morgan fingerprint density at radius 1 is 1.00 bits per heavy atom. The van der Waals surface area contributed by atoms with E-state index in [-0.39, 0.29) is 6.10 Å². The summed E-state index contributed by atoms with van der Waals surface area (Å²) in [5, 5.41) is 0. The smallest absolute Gasteiger partial charge is 0.218 e. The molecule has 1 aliphatic rings. The first-order valence-electron chi connectivity index (χ1n) is 11.8. The van der Waals surface area contributed by atoms with Gasteiger partial charge in [0.15, 0.2) is 0 Å². The summed E-state index contributed by atoms with van der Waals surface area (Å²) in [7, 11) is 0. The molecule has 0 radical (unpaired) electrons. The molecule has 1 atom stereocenters. The normalized spacial score (nSPS) is 15.1. The van der Waals surface area contributed by atoms with Crippen molar-refractivity contribution in [1.29, 1.82) is 0 Å². The molecule has 3 N–H and O–H groups in total. The summed E-state index contributed by atoms with van der Waals surface area (Å²) in [5.41, 5.74) is 7.18. The maximum Gasteiger partial charge on any atom is 0.218 e. The fourth-order valence-corrected chi connectivity index (χ4v) is 3.41. The van der Waals surface area contributed by atoms with E-state index in [4.69, 9.17) is 23.7 Å². The second-order valence-corrected chi connectivity index (χ2v) is 8.06. The van der Waals surface area contributed by atoms with Gasteiger partial charge in [0.25, 0.3) is 0 Å². The molecule has 4 rings (SSSR count). The Hall–Kier alpha value is -3.57. The molecular weight excluding hydrogens is 444 g/mol. The number of ether oxygens (including phenoxy) is 5. The third-order valence-corrected chi connectivity index (χ3v) is 5.33. The van der Waals surface area contributed by atoms with Crippen molar-refractivity contribution in [1.82, 2.24) is 4.98 Å². The van der Waals surface area contributed by atoms with Gasteiger partial charge in [0.2, 0.25) is 5.88 Å². The Morgan fingerprint density at radius 3 is 2.57 bits per heavy atom. The van der Waals surface area contributed by atoms with Gasteiger partial charge in [0, 0.05) is 17.2 Å². The van der Waals surface area contributed by atoms with Crippen molar-refractivity contribution >= 4 is 0 Å². The number of aromatic nitrogens is 1. The Morgan fingerprint density at radius 2 is 1.83 bits per heavy atom. The third kappa shape index (κ3) is 7.46. The molecule has 3 aromatic rings. The number of pyridine rings is 1. The fourth-order valence-electron chi connectivity index (χ4n) is 3.41. The summed E-state index contributed by atoms with van der Waals surface area (Å²) in [4.78, 5) is 4.64. The van der Waals surface area contributed by atoms with Crippen LogP contribution in [0, 0.1) is 18.8 Å². The maximum atomic E-state index is 6.14. The maximum absolute atomic E-state index is 6.14. The first-order valence-corrected chi connectivity index (χ1v) is 11.8. The third-order valence-electron chi connectivity index (χ3n) is 5.33. The lowest BCUT2D eigenvalue weighted by Gasteiger charge is -2.23. The van der Waals surface area contributed by atoms with Gasteiger partial charge in [-0.3, -0.25) is 0 Å². The van der Waals surface area contributed by atoms with Gasteiger partial charge in [-0.05, 0) is 42.7 Å². The molecule has 35 heavy (non-hydrogen) atoms. The second kappa shape index (κ2) is 12.8. The van der Waals surface area contributed by atoms with Crippen LogP contribution in [-0.4, -0.2) is 50.7 Å². The highest BCUT2D eigenvalue weighted by Gasteiger charge is 2.17. The minimum absolute atomic E-state index is 0.126. The van der Waals surface area contributed by atoms with Gasteiger partial charge in [-0.15, -0.1) is 0 Å². The van der Waals surface area contributed by atoms with Gasteiger partial charge in [-0.25, -0.2) is 4.98 Å². The zero-order chi connectivity index (χ0) is 24.3. The zero-order valence-electron chi connectivity index (χ0n) is 20.0. The summed E-state index contributed by atoms with van der Waals surface area (Å²) < 4.78 is 28.8. The second-order valence-electron chi connectivity index (χ2n) is 8.06. The van der Waals surface area contributed by atoms with Crippen molar-refractivity contribution in [2.45, 2.75) is 19.6 Å². The van der Waals surface area contributed by atoms with Crippen LogP contribution in [-0.2, 0) is 16.1 Å². The van der Waals surface area contributed by atoms with E-state index < -0.39 is 0 Å². The van der Waals surface area contributed by atoms with Gasteiger partial charge >= 0.3 is 0 Å². The van der Waals surface area contributed by atoms with E-state index in [1.807, 2.05) is 67.6 Å². The Bertz CT molecular complexity index is 1130. The average molecular weight is 476 g/mol. The Balaban J connectivity index is 1.53. The standard InChI is InChI=1S/C28H30N2O5/c1-21-26(12-9-22-7-10-24(11-8-22)32-14-13-29)30-28(35-20-25-19-31-15-16-33-25)17-27(21)34-18-23-5-3-2-4-6-23/h2-8,10-11,17,25H,13-16,18-20,29H2,1H3/p+1. The van der Waals surface area contributed by atoms with Crippen LogP contribution in [0.3, 0.4) is 0 Å². The van der Waals surface area contributed by atoms with Gasteiger partial charge in [-0.1, -0.05) is 36.3 Å². The molecule has 0 aliphatic carbocycles. The first kappa shape index (κ1) is 24.6. The molecule has 1 saturated heterocycles. The molecular formula is C28H31N2O5+. The van der Waals surface area contributed by atoms with Crippen molar-refractivity contribution in [2.75, 3.05) is 39.6 Å². The highest BCUT2D eigenvalue weighted by atomic mass is 16.6. The van der Waals surface area contributed by atoms with Crippen LogP contribution >= 0.6 is 0 Å². The molecule has 1 aliphatic heterocycles. The highest BCUT2D eigenvalue weighted by Crippen LogP contribution is 2.26. The van der Waals surface area contributed by atoms with Crippen molar-refractivity contribution in [2.24, 2.45) is 0 Å². The van der Waals surface area contributed by atoms with Crippen LogP contribution < -0.4 is 19.9 Å². The number of rotatable bonds is 9. The Kier molecular flexibility index (Phi) is 8.96. The quantitative estimate of drug-likeness (QED) is 0.479. The predicted molar refractivity (Wildman–Crippen MR) is 131 cm³/mol. The molecule has 1 fully saturated rings. The van der Waals surface area contributed by atoms with Crippen LogP contribution in [0.25, 0.3) is 0 Å². The monoisotopic (exact) mass is 475 g/mol. The highest BCUT2D eigenvalue weighted by molar-refractivity contribution is 5.50. The van der Waals surface area contributed by atoms with Crippen LogP contribution in [0.5, 0.6) is 17.4 Å². The number of nitrogens with zero attached hydrogens (tertiary/aromatic N) is 1. The zero-order valence-corrected chi connectivity index (χ0v) is 20.0. The summed E-state index contributed by atoms with van der Waals surface area (Å²) >= 11 is 0. The lowest BCUT2D eigenvalue weighted by Crippen LogP contribution is -2.52. The van der Waals surface area contributed by atoms with Crippen LogP contribution in [0.15, 0.2) is 60.7 Å². The molecule has 2 heterocycles. The van der Waals surface area contributed by atoms with E-state index in [0.29, 0.717) is 57.0 Å². The number of hydrogen-bond donors (Lipinski definition) is 1. The molecule has 0 spiro atoms. The minimum Gasteiger partial charge on any atom is -0.488 e. The van der Waals surface area contributed by atoms with E-state index >= 15 is 0 Å². The number of hydrogen-bond acceptors (Lipinski definition) is 6. The average Bonchev–Trinajstić information content (AvgIpc) is 2.91. The molecule has 182 valence electrons. The van der Waals surface area contributed by atoms with E-state index in [1.54, 1.807) is 0 Å². The van der Waals surface area contributed by atoms with E-state index in [9.17, 15) is 0 Å². The SMILES string of the molecule is Cc1c(OCc2ccccc2)cc(OCC2COCCO2)nc1C#Cc1ccc(OCC[NH3+])cc1. The molecule has 7 heteroatoms. The summed E-state index contributed by atoms with van der Waals surface area (Å²) in [6.45, 7) is 5.72. The largest absolute Gasteiger partial charge is 0.488 e. The first-order chi connectivity index (χ1) is 17.2. The molecule has 1 unspecified atom stereocenters. The summed E-state index contributed by atoms with van der Waals surface area (Å²) in [5.74, 6) is 8.28. The molecule has 0 bridgehead atoms. The van der Waals surface area contributed by atoms with Crippen molar-refractivity contribution < 1.29 is 29.4 Å². The molecule has 0 saturated carbocycles. The van der Waals surface area contributed by atoms with Crippen molar-refractivity contribution in [3.05, 3.63) is 83.0 Å². The lowest BCUT2D eigenvalue weighted by atomic mass is 10.1. The van der Waals surface area contributed by atoms with Crippen molar-refractivity contribution in [3.63, 3.8) is 0 Å². The summed E-state index contributed by atoms with van der Waals surface area (Å²) in [6, 6.07) is 19.5. The molecule has 7 nitrogen and oxygen atoms in total. The van der Waals surface area contributed by atoms with Gasteiger partial charge in [-0.2, -0.15) is 0 Å². The fraction of sp³-hybridized carbons (Fsp3) is 0.321. The summed E-state index contributed by atoms with van der Waals surface area (Å²) in [6.07, 6.45) is -0.126. The molecule has 0 amide bonds. The molecule has 1 aromatic heterocycles. The van der Waals surface area contributed by atoms with Gasteiger partial charge in [0.05, 0.1) is 19.8 Å². The van der Waals surface area contributed by atoms with E-state index in [0.717, 1.165) is 29.0 Å². The van der Waals surface area contributed by atoms with Crippen LogP contribution in [0.4, 0.5) is 0 Å². The number of benzene rings is 2. The van der Waals surface area contributed by atoms with E-state index in [1.165, 1.54) is 0 Å². The topological polar surface area (TPSA) is 86.7 Å². The van der Waals surface area contributed by atoms with Crippen molar-refractivity contribution in [3.8, 4) is 29.2 Å². The predicted octanol–water partition coefficient (Wildman–Crippen LogP) is 2.78. The van der Waals surface area contributed by atoms with Gasteiger partial charge in [0.1, 0.15) is 49.7 Å².